The minimum Gasteiger partial charge on any atom is -0.452 e. The van der Waals surface area contributed by atoms with Crippen molar-refractivity contribution in [2.75, 3.05) is 38.2 Å². The van der Waals surface area contributed by atoms with Gasteiger partial charge in [0.15, 0.2) is 6.61 Å². The third-order valence-electron chi connectivity index (χ3n) is 4.41. The van der Waals surface area contributed by atoms with E-state index in [0.29, 0.717) is 30.6 Å². The SMILES string of the molecule is C[C@@H]1C[C@H](C)CN(C(=O)COC(=O)c2cc([N+](=O)[O-])ccc2NCCO)C1. The molecule has 1 fully saturated rings. The highest BCUT2D eigenvalue weighted by Crippen LogP contribution is 2.24. The molecule has 1 aliphatic heterocycles. The molecule has 27 heavy (non-hydrogen) atoms. The number of nitro groups is 1. The van der Waals surface area contributed by atoms with Gasteiger partial charge in [-0.25, -0.2) is 4.79 Å². The van der Waals surface area contributed by atoms with Crippen molar-refractivity contribution in [3.63, 3.8) is 0 Å². The Hall–Kier alpha value is -2.68. The Morgan fingerprint density at radius 1 is 1.33 bits per heavy atom. The summed E-state index contributed by atoms with van der Waals surface area (Å²) in [6.07, 6.45) is 1.05. The van der Waals surface area contributed by atoms with Gasteiger partial charge in [0.05, 0.1) is 17.1 Å². The molecule has 2 N–H and O–H groups in total. The number of ether oxygens (including phenoxy) is 1. The lowest BCUT2D eigenvalue weighted by molar-refractivity contribution is -0.384. The highest BCUT2D eigenvalue weighted by molar-refractivity contribution is 5.97. The third-order valence-corrected chi connectivity index (χ3v) is 4.41. The topological polar surface area (TPSA) is 122 Å². The van der Waals surface area contributed by atoms with Crippen molar-refractivity contribution in [3.05, 3.63) is 33.9 Å². The molecule has 9 nitrogen and oxygen atoms in total. The molecule has 0 aromatic heterocycles. The van der Waals surface area contributed by atoms with Crippen molar-refractivity contribution in [2.24, 2.45) is 11.8 Å². The third kappa shape index (κ3) is 5.65. The molecule has 148 valence electrons. The number of piperidine rings is 1. The van der Waals surface area contributed by atoms with Crippen LogP contribution in [0.15, 0.2) is 18.2 Å². The van der Waals surface area contributed by atoms with E-state index in [-0.39, 0.29) is 30.3 Å². The molecule has 0 saturated carbocycles. The molecule has 1 heterocycles. The fourth-order valence-electron chi connectivity index (χ4n) is 3.32. The molecule has 1 saturated heterocycles. The number of likely N-dealkylation sites (tertiary alicyclic amines) is 1. The van der Waals surface area contributed by atoms with Gasteiger partial charge in [-0.1, -0.05) is 13.8 Å². The van der Waals surface area contributed by atoms with Crippen LogP contribution in [0.3, 0.4) is 0 Å². The van der Waals surface area contributed by atoms with Crippen LogP contribution >= 0.6 is 0 Å². The van der Waals surface area contributed by atoms with Crippen molar-refractivity contribution < 1.29 is 24.4 Å². The van der Waals surface area contributed by atoms with E-state index in [4.69, 9.17) is 9.84 Å². The van der Waals surface area contributed by atoms with Crippen molar-refractivity contribution in [1.29, 1.82) is 0 Å². The van der Waals surface area contributed by atoms with E-state index in [1.807, 2.05) is 0 Å². The minimum atomic E-state index is -0.828. The maximum absolute atomic E-state index is 12.4. The number of carbonyl (C=O) groups is 2. The summed E-state index contributed by atoms with van der Waals surface area (Å²) < 4.78 is 5.11. The zero-order chi connectivity index (χ0) is 20.0. The fourth-order valence-corrected chi connectivity index (χ4v) is 3.32. The van der Waals surface area contributed by atoms with Crippen LogP contribution in [0, 0.1) is 22.0 Å². The highest BCUT2D eigenvalue weighted by atomic mass is 16.6. The second-order valence-electron chi connectivity index (χ2n) is 6.96. The van der Waals surface area contributed by atoms with Gasteiger partial charge in [0.2, 0.25) is 0 Å². The number of hydrogen-bond acceptors (Lipinski definition) is 7. The molecule has 0 spiro atoms. The molecule has 1 aromatic carbocycles. The lowest BCUT2D eigenvalue weighted by Crippen LogP contribution is -2.44. The van der Waals surface area contributed by atoms with Gasteiger partial charge in [-0.2, -0.15) is 0 Å². The van der Waals surface area contributed by atoms with Crippen LogP contribution in [0.25, 0.3) is 0 Å². The van der Waals surface area contributed by atoms with Gasteiger partial charge in [-0.3, -0.25) is 14.9 Å². The Bertz CT molecular complexity index is 698. The number of nitro benzene ring substituents is 1. The molecule has 0 unspecified atom stereocenters. The van der Waals surface area contributed by atoms with E-state index in [1.165, 1.54) is 12.1 Å². The van der Waals surface area contributed by atoms with Gasteiger partial charge in [0.25, 0.3) is 11.6 Å². The van der Waals surface area contributed by atoms with E-state index in [2.05, 4.69) is 19.2 Å². The first-order chi connectivity index (χ1) is 12.8. The number of aliphatic hydroxyl groups excluding tert-OH is 1. The quantitative estimate of drug-likeness (QED) is 0.420. The fraction of sp³-hybridized carbons (Fsp3) is 0.556. The Morgan fingerprint density at radius 3 is 2.59 bits per heavy atom. The summed E-state index contributed by atoms with van der Waals surface area (Å²) >= 11 is 0. The molecule has 1 amide bonds. The van der Waals surface area contributed by atoms with Gasteiger partial charge in [0, 0.05) is 37.5 Å². The summed E-state index contributed by atoms with van der Waals surface area (Å²) in [5, 5.41) is 22.7. The van der Waals surface area contributed by atoms with Crippen molar-refractivity contribution in [2.45, 2.75) is 20.3 Å². The summed E-state index contributed by atoms with van der Waals surface area (Å²) in [6.45, 7) is 4.98. The average molecular weight is 379 g/mol. The highest BCUT2D eigenvalue weighted by Gasteiger charge is 2.26. The number of benzene rings is 1. The molecule has 2 rings (SSSR count). The van der Waals surface area contributed by atoms with E-state index in [1.54, 1.807) is 4.90 Å². The molecule has 1 aromatic rings. The van der Waals surface area contributed by atoms with Gasteiger partial charge in [-0.05, 0) is 24.3 Å². The van der Waals surface area contributed by atoms with Crippen LogP contribution in [0.2, 0.25) is 0 Å². The van der Waals surface area contributed by atoms with Gasteiger partial charge in [-0.15, -0.1) is 0 Å². The number of aliphatic hydroxyl groups is 1. The summed E-state index contributed by atoms with van der Waals surface area (Å²) in [4.78, 5) is 36.8. The van der Waals surface area contributed by atoms with Crippen molar-refractivity contribution in [3.8, 4) is 0 Å². The molecular weight excluding hydrogens is 354 g/mol. The Labute approximate surface area is 157 Å². The number of esters is 1. The Morgan fingerprint density at radius 2 is 2.00 bits per heavy atom. The predicted octanol–water partition coefficient (Wildman–Crippen LogP) is 1.66. The van der Waals surface area contributed by atoms with Crippen LogP contribution in [-0.4, -0.2) is 59.7 Å². The van der Waals surface area contributed by atoms with Crippen molar-refractivity contribution >= 4 is 23.3 Å². The van der Waals surface area contributed by atoms with Gasteiger partial charge >= 0.3 is 5.97 Å². The van der Waals surface area contributed by atoms with Gasteiger partial charge < -0.3 is 20.1 Å². The molecule has 0 bridgehead atoms. The number of nitrogens with one attached hydrogen (secondary N) is 1. The molecule has 9 heteroatoms. The maximum atomic E-state index is 12.4. The van der Waals surface area contributed by atoms with Crippen LogP contribution in [0.1, 0.15) is 30.6 Å². The number of anilines is 1. The van der Waals surface area contributed by atoms with Crippen LogP contribution in [0.4, 0.5) is 11.4 Å². The normalized spacial score (nSPS) is 19.4. The largest absolute Gasteiger partial charge is 0.452 e. The molecular formula is C18H25N3O6. The number of rotatable bonds is 7. The van der Waals surface area contributed by atoms with Gasteiger partial charge in [0.1, 0.15) is 0 Å². The molecule has 0 radical (unpaired) electrons. The molecule has 2 atom stereocenters. The van der Waals surface area contributed by atoms with Crippen LogP contribution < -0.4 is 5.32 Å². The summed E-state index contributed by atoms with van der Waals surface area (Å²) in [7, 11) is 0. The summed E-state index contributed by atoms with van der Waals surface area (Å²) in [6, 6.07) is 3.72. The van der Waals surface area contributed by atoms with E-state index >= 15 is 0 Å². The number of carbonyl (C=O) groups excluding carboxylic acids is 2. The average Bonchev–Trinajstić information content (AvgIpc) is 2.63. The standard InChI is InChI=1S/C18H25N3O6/c1-12-7-13(2)10-20(9-12)17(23)11-27-18(24)15-8-14(21(25)26)3-4-16(15)19-5-6-22/h3-4,8,12-13,19,22H,5-7,9-11H2,1-2H3/t12-,13+. The summed E-state index contributed by atoms with van der Waals surface area (Å²) in [5.41, 5.74) is -0.0142. The zero-order valence-electron chi connectivity index (χ0n) is 15.5. The molecule has 1 aliphatic rings. The van der Waals surface area contributed by atoms with E-state index < -0.39 is 17.5 Å². The Balaban J connectivity index is 2.06. The Kier molecular flexibility index (Phi) is 7.12. The monoisotopic (exact) mass is 379 g/mol. The number of nitrogens with zero attached hydrogens (tertiary/aromatic N) is 2. The smallest absolute Gasteiger partial charge is 0.341 e. The van der Waals surface area contributed by atoms with Crippen LogP contribution in [0.5, 0.6) is 0 Å². The van der Waals surface area contributed by atoms with E-state index in [0.717, 1.165) is 12.5 Å². The lowest BCUT2D eigenvalue weighted by atomic mass is 9.92. The number of amides is 1. The second-order valence-corrected chi connectivity index (χ2v) is 6.96. The zero-order valence-corrected chi connectivity index (χ0v) is 15.5. The summed E-state index contributed by atoms with van der Waals surface area (Å²) in [5.74, 6) is -0.332. The van der Waals surface area contributed by atoms with Crippen molar-refractivity contribution in [1.82, 2.24) is 4.90 Å². The number of hydrogen-bond donors (Lipinski definition) is 2. The second kappa shape index (κ2) is 9.31. The maximum Gasteiger partial charge on any atom is 0.341 e. The first kappa shape index (κ1) is 20.6. The van der Waals surface area contributed by atoms with E-state index in [9.17, 15) is 19.7 Å². The first-order valence-corrected chi connectivity index (χ1v) is 8.89. The number of non-ortho nitro benzene ring substituents is 1. The lowest BCUT2D eigenvalue weighted by Gasteiger charge is -2.34. The predicted molar refractivity (Wildman–Crippen MR) is 98.5 cm³/mol. The minimum absolute atomic E-state index is 0.0502. The van der Waals surface area contributed by atoms with Crippen LogP contribution in [-0.2, 0) is 9.53 Å². The first-order valence-electron chi connectivity index (χ1n) is 8.89. The molecule has 0 aliphatic carbocycles.